The van der Waals surface area contributed by atoms with Gasteiger partial charge in [-0.25, -0.2) is 0 Å². The highest BCUT2D eigenvalue weighted by Crippen LogP contribution is 2.36. The second-order valence-corrected chi connectivity index (χ2v) is 4.02. The molecule has 1 fully saturated rings. The molecule has 0 unspecified atom stereocenters. The van der Waals surface area contributed by atoms with Gasteiger partial charge in [0.25, 0.3) is 0 Å². The number of carbonyl (C=O) groups excluding carboxylic acids is 1. The second-order valence-electron chi connectivity index (χ2n) is 4.02. The van der Waals surface area contributed by atoms with Crippen LogP contribution in [0.3, 0.4) is 0 Å². The fourth-order valence-electron chi connectivity index (χ4n) is 1.79. The molecule has 2 nitrogen and oxygen atoms in total. The molecule has 1 saturated carbocycles. The van der Waals surface area contributed by atoms with Crippen LogP contribution in [0.1, 0.15) is 40.0 Å². The summed E-state index contributed by atoms with van der Waals surface area (Å²) in [4.78, 5) is 11.5. The molecule has 0 radical (unpaired) electrons. The minimum absolute atomic E-state index is 0.267. The number of hydrogen-bond donors (Lipinski definition) is 1. The smallest absolute Gasteiger partial charge is 0.223 e. The predicted octanol–water partition coefficient (Wildman–Crippen LogP) is 1.95. The molecular formula is C10H19NO. The van der Waals surface area contributed by atoms with Gasteiger partial charge in [-0.15, -0.1) is 0 Å². The molecule has 1 N–H and O–H groups in total. The lowest BCUT2D eigenvalue weighted by atomic mass is 9.72. The van der Waals surface area contributed by atoms with E-state index in [-0.39, 0.29) is 11.9 Å². The average molecular weight is 169 g/mol. The van der Waals surface area contributed by atoms with E-state index in [0.29, 0.717) is 11.8 Å². The fourth-order valence-corrected chi connectivity index (χ4v) is 1.79. The van der Waals surface area contributed by atoms with Crippen LogP contribution in [-0.2, 0) is 4.79 Å². The largest absolute Gasteiger partial charge is 0.354 e. The third kappa shape index (κ3) is 1.99. The number of rotatable bonds is 3. The molecule has 70 valence electrons. The topological polar surface area (TPSA) is 29.1 Å². The van der Waals surface area contributed by atoms with Gasteiger partial charge in [0.1, 0.15) is 0 Å². The van der Waals surface area contributed by atoms with Gasteiger partial charge in [0, 0.05) is 12.0 Å². The molecule has 0 saturated heterocycles. The summed E-state index contributed by atoms with van der Waals surface area (Å²) in [5, 5.41) is 2.97. The van der Waals surface area contributed by atoms with E-state index in [4.69, 9.17) is 0 Å². The molecule has 0 heterocycles. The van der Waals surface area contributed by atoms with Crippen LogP contribution < -0.4 is 5.32 Å². The van der Waals surface area contributed by atoms with Crippen LogP contribution in [0.15, 0.2) is 0 Å². The van der Waals surface area contributed by atoms with Crippen LogP contribution in [0.2, 0.25) is 0 Å². The van der Waals surface area contributed by atoms with Gasteiger partial charge in [-0.1, -0.05) is 13.3 Å². The third-order valence-corrected chi connectivity index (χ3v) is 2.71. The fraction of sp³-hybridized carbons (Fsp3) is 0.900. The van der Waals surface area contributed by atoms with E-state index in [1.165, 1.54) is 6.42 Å². The monoisotopic (exact) mass is 169 g/mol. The van der Waals surface area contributed by atoms with Crippen molar-refractivity contribution in [1.82, 2.24) is 5.32 Å². The summed E-state index contributed by atoms with van der Waals surface area (Å²) < 4.78 is 0. The summed E-state index contributed by atoms with van der Waals surface area (Å²) in [6.07, 6.45) is 3.49. The Morgan fingerprint density at radius 3 is 2.50 bits per heavy atom. The van der Waals surface area contributed by atoms with Gasteiger partial charge in [0.05, 0.1) is 0 Å². The molecule has 12 heavy (non-hydrogen) atoms. The van der Waals surface area contributed by atoms with E-state index >= 15 is 0 Å². The molecule has 0 bridgehead atoms. The summed E-state index contributed by atoms with van der Waals surface area (Å²) in [5.74, 6) is 1.24. The van der Waals surface area contributed by atoms with Crippen molar-refractivity contribution in [3.8, 4) is 0 Å². The first-order valence-electron chi connectivity index (χ1n) is 4.95. The maximum atomic E-state index is 11.5. The maximum Gasteiger partial charge on any atom is 0.223 e. The van der Waals surface area contributed by atoms with Gasteiger partial charge in [0.2, 0.25) is 5.91 Å². The Morgan fingerprint density at radius 2 is 2.17 bits per heavy atom. The van der Waals surface area contributed by atoms with Crippen molar-refractivity contribution in [3.63, 3.8) is 0 Å². The van der Waals surface area contributed by atoms with Gasteiger partial charge in [-0.3, -0.25) is 4.79 Å². The molecule has 1 aliphatic carbocycles. The molecular weight excluding hydrogens is 150 g/mol. The van der Waals surface area contributed by atoms with Gasteiger partial charge in [-0.05, 0) is 32.6 Å². The first kappa shape index (κ1) is 9.56. The van der Waals surface area contributed by atoms with Crippen LogP contribution in [0.4, 0.5) is 0 Å². The summed E-state index contributed by atoms with van der Waals surface area (Å²) in [6, 6.07) is 0.288. The molecule has 2 atom stereocenters. The lowest BCUT2D eigenvalue weighted by Crippen LogP contribution is -2.43. The molecule has 0 aromatic rings. The zero-order valence-electron chi connectivity index (χ0n) is 8.26. The SMILES string of the molecule is CC[C@@H]1CC[C@@H]1C(=O)NC(C)C. The summed E-state index contributed by atoms with van der Waals surface area (Å²) in [7, 11) is 0. The standard InChI is InChI=1S/C10H19NO/c1-4-8-5-6-9(8)10(12)11-7(2)3/h7-9H,4-6H2,1-3H3,(H,11,12)/t8-,9+/m1/s1. The Labute approximate surface area is 74.7 Å². The minimum atomic E-state index is 0.267. The molecule has 0 aliphatic heterocycles. The van der Waals surface area contributed by atoms with Crippen LogP contribution in [0, 0.1) is 11.8 Å². The Bertz CT molecular complexity index is 163. The Kier molecular flexibility index (Phi) is 3.12. The Hall–Kier alpha value is -0.530. The minimum Gasteiger partial charge on any atom is -0.354 e. The Morgan fingerprint density at radius 1 is 1.50 bits per heavy atom. The number of carbonyl (C=O) groups is 1. The lowest BCUT2D eigenvalue weighted by molar-refractivity contribution is -0.130. The maximum absolute atomic E-state index is 11.5. The van der Waals surface area contributed by atoms with Gasteiger partial charge in [0.15, 0.2) is 0 Å². The van der Waals surface area contributed by atoms with Crippen LogP contribution >= 0.6 is 0 Å². The summed E-state index contributed by atoms with van der Waals surface area (Å²) in [6.45, 7) is 6.19. The lowest BCUT2D eigenvalue weighted by Gasteiger charge is -2.35. The van der Waals surface area contributed by atoms with Crippen molar-refractivity contribution in [2.75, 3.05) is 0 Å². The highest BCUT2D eigenvalue weighted by molar-refractivity contribution is 5.80. The molecule has 1 rings (SSSR count). The van der Waals surface area contributed by atoms with Gasteiger partial charge < -0.3 is 5.32 Å². The highest BCUT2D eigenvalue weighted by Gasteiger charge is 2.34. The van der Waals surface area contributed by atoms with E-state index in [1.54, 1.807) is 0 Å². The first-order chi connectivity index (χ1) is 5.65. The van der Waals surface area contributed by atoms with E-state index in [0.717, 1.165) is 12.8 Å². The van der Waals surface area contributed by atoms with E-state index in [9.17, 15) is 4.79 Å². The number of amides is 1. The van der Waals surface area contributed by atoms with Crippen molar-refractivity contribution in [2.45, 2.75) is 46.1 Å². The van der Waals surface area contributed by atoms with Crippen LogP contribution in [-0.4, -0.2) is 11.9 Å². The van der Waals surface area contributed by atoms with Crippen molar-refractivity contribution in [1.29, 1.82) is 0 Å². The molecule has 0 aromatic heterocycles. The summed E-state index contributed by atoms with van der Waals surface area (Å²) in [5.41, 5.74) is 0. The van der Waals surface area contributed by atoms with E-state index in [2.05, 4.69) is 12.2 Å². The zero-order valence-corrected chi connectivity index (χ0v) is 8.26. The molecule has 1 amide bonds. The molecule has 0 spiro atoms. The second kappa shape index (κ2) is 3.92. The van der Waals surface area contributed by atoms with Crippen molar-refractivity contribution >= 4 is 5.91 Å². The number of nitrogens with one attached hydrogen (secondary N) is 1. The average Bonchev–Trinajstić information content (AvgIpc) is 1.83. The number of hydrogen-bond acceptors (Lipinski definition) is 1. The van der Waals surface area contributed by atoms with Crippen LogP contribution in [0.25, 0.3) is 0 Å². The molecule has 0 aromatic carbocycles. The predicted molar refractivity (Wildman–Crippen MR) is 49.8 cm³/mol. The summed E-state index contributed by atoms with van der Waals surface area (Å²) >= 11 is 0. The van der Waals surface area contributed by atoms with Crippen molar-refractivity contribution in [3.05, 3.63) is 0 Å². The Balaban J connectivity index is 2.32. The normalized spacial score (nSPS) is 28.3. The van der Waals surface area contributed by atoms with Gasteiger partial charge in [-0.2, -0.15) is 0 Å². The quantitative estimate of drug-likeness (QED) is 0.687. The molecule has 1 aliphatic rings. The van der Waals surface area contributed by atoms with Crippen LogP contribution in [0.5, 0.6) is 0 Å². The van der Waals surface area contributed by atoms with Gasteiger partial charge >= 0.3 is 0 Å². The highest BCUT2D eigenvalue weighted by atomic mass is 16.2. The molecule has 2 heteroatoms. The first-order valence-corrected chi connectivity index (χ1v) is 4.95. The van der Waals surface area contributed by atoms with E-state index < -0.39 is 0 Å². The van der Waals surface area contributed by atoms with E-state index in [1.807, 2.05) is 13.8 Å². The zero-order chi connectivity index (χ0) is 9.14. The third-order valence-electron chi connectivity index (χ3n) is 2.71. The van der Waals surface area contributed by atoms with Crippen molar-refractivity contribution in [2.24, 2.45) is 11.8 Å². The van der Waals surface area contributed by atoms with Crippen molar-refractivity contribution < 1.29 is 4.79 Å².